The predicted octanol–water partition coefficient (Wildman–Crippen LogP) is 5.59. The minimum absolute atomic E-state index is 0.114. The van der Waals surface area contributed by atoms with Crippen LogP contribution >= 0.6 is 15.9 Å². The molecule has 0 spiro atoms. The molecule has 1 saturated heterocycles. The topological polar surface area (TPSA) is 66.4 Å². The Bertz CT molecular complexity index is 1540. The van der Waals surface area contributed by atoms with E-state index in [0.717, 1.165) is 33.1 Å². The quantitative estimate of drug-likeness (QED) is 0.317. The third kappa shape index (κ3) is 4.82. The number of halogens is 4. The molecule has 0 N–H and O–H groups in total. The van der Waals surface area contributed by atoms with Crippen LogP contribution in [0.15, 0.2) is 82.2 Å². The molecule has 11 heteroatoms. The summed E-state index contributed by atoms with van der Waals surface area (Å²) in [4.78, 5) is 11.2. The molecule has 0 unspecified atom stereocenters. The number of benzene rings is 3. The van der Waals surface area contributed by atoms with Gasteiger partial charge in [-0.05, 0) is 42.5 Å². The number of hydrogen-bond donors (Lipinski definition) is 0. The molecule has 5 rings (SSSR count). The van der Waals surface area contributed by atoms with Crippen LogP contribution in [-0.2, 0) is 16.2 Å². The fourth-order valence-electron chi connectivity index (χ4n) is 4.18. The first-order chi connectivity index (χ1) is 17.1. The Balaban J connectivity index is 1.43. The maximum Gasteiger partial charge on any atom is 0.416 e. The minimum atomic E-state index is -4.62. The highest BCUT2D eigenvalue weighted by atomic mass is 79.9. The summed E-state index contributed by atoms with van der Waals surface area (Å²) < 4.78 is 67.7. The lowest BCUT2D eigenvalue weighted by Crippen LogP contribution is -2.49. The standard InChI is InChI=1S/C25H20BrF3N4O2S/c26-19-7-3-5-17(15-19)23-30-22-10-2-1-9-21(22)24(31-23)32-11-13-33(14-12-32)36(34,35)20-8-4-6-18(16-20)25(27,28)29/h1-10,15-16H,11-14H2. The highest BCUT2D eigenvalue weighted by Crippen LogP contribution is 2.32. The Labute approximate surface area is 214 Å². The molecule has 186 valence electrons. The molecule has 1 fully saturated rings. The summed E-state index contributed by atoms with van der Waals surface area (Å²) >= 11 is 3.47. The molecule has 2 heterocycles. The first-order valence-corrected chi connectivity index (χ1v) is 13.3. The third-order valence-electron chi connectivity index (χ3n) is 6.00. The van der Waals surface area contributed by atoms with Crippen molar-refractivity contribution in [1.82, 2.24) is 14.3 Å². The van der Waals surface area contributed by atoms with Crippen LogP contribution in [0, 0.1) is 0 Å². The number of fused-ring (bicyclic) bond motifs is 1. The number of aromatic nitrogens is 2. The number of sulfonamides is 1. The van der Waals surface area contributed by atoms with Gasteiger partial charge in [-0.2, -0.15) is 17.5 Å². The van der Waals surface area contributed by atoms with E-state index in [0.29, 0.717) is 30.8 Å². The van der Waals surface area contributed by atoms with E-state index in [4.69, 9.17) is 9.97 Å². The lowest BCUT2D eigenvalue weighted by Gasteiger charge is -2.35. The number of alkyl halides is 3. The van der Waals surface area contributed by atoms with Crippen LogP contribution in [0.4, 0.5) is 19.0 Å². The molecule has 36 heavy (non-hydrogen) atoms. The Morgan fingerprint density at radius 1 is 0.833 bits per heavy atom. The Morgan fingerprint density at radius 2 is 1.56 bits per heavy atom. The van der Waals surface area contributed by atoms with Crippen LogP contribution in [-0.4, -0.2) is 48.9 Å². The molecule has 0 saturated carbocycles. The van der Waals surface area contributed by atoms with Crippen molar-refractivity contribution in [2.75, 3.05) is 31.1 Å². The number of piperazine rings is 1. The highest BCUT2D eigenvalue weighted by molar-refractivity contribution is 9.10. The van der Waals surface area contributed by atoms with Gasteiger partial charge in [0, 0.05) is 41.6 Å². The van der Waals surface area contributed by atoms with E-state index in [1.54, 1.807) is 0 Å². The van der Waals surface area contributed by atoms with Crippen LogP contribution in [0.3, 0.4) is 0 Å². The molecule has 4 aromatic rings. The summed E-state index contributed by atoms with van der Waals surface area (Å²) in [6.45, 7) is 0.889. The number of anilines is 1. The molecule has 6 nitrogen and oxygen atoms in total. The van der Waals surface area contributed by atoms with Crippen molar-refractivity contribution >= 4 is 42.7 Å². The van der Waals surface area contributed by atoms with Gasteiger partial charge in [0.2, 0.25) is 10.0 Å². The number of rotatable bonds is 4. The fourth-order valence-corrected chi connectivity index (χ4v) is 6.05. The molecule has 0 radical (unpaired) electrons. The molecular formula is C25H20BrF3N4O2S. The van der Waals surface area contributed by atoms with Crippen LogP contribution < -0.4 is 4.90 Å². The van der Waals surface area contributed by atoms with Crippen LogP contribution in [0.5, 0.6) is 0 Å². The van der Waals surface area contributed by atoms with Gasteiger partial charge in [0.25, 0.3) is 0 Å². The van der Waals surface area contributed by atoms with Gasteiger partial charge in [-0.15, -0.1) is 0 Å². The zero-order valence-electron chi connectivity index (χ0n) is 18.8. The highest BCUT2D eigenvalue weighted by Gasteiger charge is 2.34. The number of para-hydroxylation sites is 1. The fraction of sp³-hybridized carbons (Fsp3) is 0.200. The van der Waals surface area contributed by atoms with Gasteiger partial charge in [-0.25, -0.2) is 18.4 Å². The molecule has 3 aromatic carbocycles. The maximum absolute atomic E-state index is 13.1. The largest absolute Gasteiger partial charge is 0.416 e. The van der Waals surface area contributed by atoms with Crippen LogP contribution in [0.2, 0.25) is 0 Å². The van der Waals surface area contributed by atoms with Gasteiger partial charge in [0.05, 0.1) is 16.0 Å². The van der Waals surface area contributed by atoms with E-state index < -0.39 is 21.8 Å². The monoisotopic (exact) mass is 576 g/mol. The van der Waals surface area contributed by atoms with Crippen molar-refractivity contribution in [1.29, 1.82) is 0 Å². The van der Waals surface area contributed by atoms with Gasteiger partial charge in [-0.1, -0.05) is 46.3 Å². The third-order valence-corrected chi connectivity index (χ3v) is 8.39. The summed E-state index contributed by atoms with van der Waals surface area (Å²) in [7, 11) is -4.08. The van der Waals surface area contributed by atoms with Crippen molar-refractivity contribution in [2.45, 2.75) is 11.1 Å². The van der Waals surface area contributed by atoms with Gasteiger partial charge in [0.1, 0.15) is 5.82 Å². The van der Waals surface area contributed by atoms with E-state index >= 15 is 0 Å². The normalized spacial score (nSPS) is 15.4. The molecule has 0 amide bonds. The van der Waals surface area contributed by atoms with E-state index in [-0.39, 0.29) is 18.0 Å². The van der Waals surface area contributed by atoms with Gasteiger partial charge >= 0.3 is 6.18 Å². The van der Waals surface area contributed by atoms with Crippen molar-refractivity contribution < 1.29 is 21.6 Å². The Kier molecular flexibility index (Phi) is 6.48. The van der Waals surface area contributed by atoms with E-state index in [1.165, 1.54) is 10.4 Å². The number of hydrogen-bond acceptors (Lipinski definition) is 5. The molecule has 1 aromatic heterocycles. The maximum atomic E-state index is 13.1. The molecule has 0 bridgehead atoms. The van der Waals surface area contributed by atoms with Gasteiger partial charge in [-0.3, -0.25) is 0 Å². The lowest BCUT2D eigenvalue weighted by atomic mass is 10.1. The molecular weight excluding hydrogens is 557 g/mol. The summed E-state index contributed by atoms with van der Waals surface area (Å²) in [5.74, 6) is 1.23. The van der Waals surface area contributed by atoms with E-state index in [2.05, 4.69) is 15.9 Å². The number of nitrogens with zero attached hydrogens (tertiary/aromatic N) is 4. The summed E-state index contributed by atoms with van der Waals surface area (Å²) in [5, 5.41) is 0.838. The van der Waals surface area contributed by atoms with E-state index in [1.807, 2.05) is 53.4 Å². The van der Waals surface area contributed by atoms with Crippen molar-refractivity contribution in [3.8, 4) is 11.4 Å². The van der Waals surface area contributed by atoms with E-state index in [9.17, 15) is 21.6 Å². The minimum Gasteiger partial charge on any atom is -0.353 e. The summed E-state index contributed by atoms with van der Waals surface area (Å²) in [5.41, 5.74) is 0.605. The Hall–Kier alpha value is -3.02. The second kappa shape index (κ2) is 9.45. The average molecular weight is 577 g/mol. The summed E-state index contributed by atoms with van der Waals surface area (Å²) in [6, 6.07) is 19.1. The smallest absolute Gasteiger partial charge is 0.353 e. The second-order valence-corrected chi connectivity index (χ2v) is 11.2. The SMILES string of the molecule is O=S(=O)(c1cccc(C(F)(F)F)c1)N1CCN(c2nc(-c3cccc(Br)c3)nc3ccccc23)CC1. The van der Waals surface area contributed by atoms with Gasteiger partial charge < -0.3 is 4.90 Å². The predicted molar refractivity (Wildman–Crippen MR) is 135 cm³/mol. The van der Waals surface area contributed by atoms with Crippen molar-refractivity contribution in [3.63, 3.8) is 0 Å². The van der Waals surface area contributed by atoms with Gasteiger partial charge in [0.15, 0.2) is 5.82 Å². The van der Waals surface area contributed by atoms with Crippen LogP contribution in [0.25, 0.3) is 22.3 Å². The van der Waals surface area contributed by atoms with Crippen molar-refractivity contribution in [2.24, 2.45) is 0 Å². The summed E-state index contributed by atoms with van der Waals surface area (Å²) in [6.07, 6.45) is -4.62. The molecule has 1 aliphatic heterocycles. The zero-order chi connectivity index (χ0) is 25.5. The first-order valence-electron chi connectivity index (χ1n) is 11.1. The molecule has 0 atom stereocenters. The second-order valence-electron chi connectivity index (χ2n) is 8.32. The lowest BCUT2D eigenvalue weighted by molar-refractivity contribution is -0.137. The zero-order valence-corrected chi connectivity index (χ0v) is 21.2. The molecule has 0 aliphatic carbocycles. The van der Waals surface area contributed by atoms with Crippen LogP contribution in [0.1, 0.15) is 5.56 Å². The first kappa shape index (κ1) is 24.7. The molecule has 1 aliphatic rings. The van der Waals surface area contributed by atoms with Crippen molar-refractivity contribution in [3.05, 3.63) is 82.8 Å². The Morgan fingerprint density at radius 3 is 2.28 bits per heavy atom. The average Bonchev–Trinajstić information content (AvgIpc) is 2.88.